The molecule has 0 aliphatic rings. The van der Waals surface area contributed by atoms with Gasteiger partial charge in [-0.2, -0.15) is 18.4 Å². The zero-order valence-corrected chi connectivity index (χ0v) is 8.23. The number of alkyl halides is 3. The zero-order chi connectivity index (χ0) is 12.6. The summed E-state index contributed by atoms with van der Waals surface area (Å²) in [6, 6.07) is 1.58. The summed E-state index contributed by atoms with van der Waals surface area (Å²) >= 11 is 0. The molecule has 8 heteroatoms. The van der Waals surface area contributed by atoms with E-state index in [1.807, 2.05) is 10.6 Å². The van der Waals surface area contributed by atoms with Crippen molar-refractivity contribution in [1.29, 1.82) is 5.26 Å². The molecule has 2 amide bonds. The minimum absolute atomic E-state index is 0.238. The van der Waals surface area contributed by atoms with Crippen LogP contribution in [0.3, 0.4) is 0 Å². The molecule has 2 N–H and O–H groups in total. The van der Waals surface area contributed by atoms with E-state index in [2.05, 4.69) is 0 Å². The number of nitrogens with one attached hydrogen (secondary N) is 2. The molecule has 16 heavy (non-hydrogen) atoms. The fourth-order valence-corrected chi connectivity index (χ4v) is 0.771. The molecule has 0 aromatic heterocycles. The third-order valence-corrected chi connectivity index (χ3v) is 1.46. The highest BCUT2D eigenvalue weighted by atomic mass is 19.4. The summed E-state index contributed by atoms with van der Waals surface area (Å²) in [4.78, 5) is 21.7. The molecular weight excluding hydrogens is 227 g/mol. The Bertz CT molecular complexity index is 296. The molecule has 0 aliphatic carbocycles. The number of carbonyl (C=O) groups is 2. The van der Waals surface area contributed by atoms with Crippen molar-refractivity contribution >= 4 is 11.8 Å². The van der Waals surface area contributed by atoms with Gasteiger partial charge in [0.25, 0.3) is 0 Å². The van der Waals surface area contributed by atoms with Crippen molar-refractivity contribution in [1.82, 2.24) is 10.6 Å². The Morgan fingerprint density at radius 1 is 1.19 bits per heavy atom. The summed E-state index contributed by atoms with van der Waals surface area (Å²) in [5, 5.41) is 12.0. The Kier molecular flexibility index (Phi) is 5.92. The number of halogens is 3. The summed E-state index contributed by atoms with van der Waals surface area (Å²) in [5.74, 6) is -2.08. The second-order valence-electron chi connectivity index (χ2n) is 2.82. The summed E-state index contributed by atoms with van der Waals surface area (Å²) in [6.07, 6.45) is -5.58. The lowest BCUT2D eigenvalue weighted by Crippen LogP contribution is -2.40. The molecule has 90 valence electrons. The first kappa shape index (κ1) is 14.2. The van der Waals surface area contributed by atoms with E-state index in [1.54, 1.807) is 6.07 Å². The Balaban J connectivity index is 3.66. The van der Waals surface area contributed by atoms with Crippen molar-refractivity contribution in [3.05, 3.63) is 0 Å². The van der Waals surface area contributed by atoms with Crippen LogP contribution in [-0.4, -0.2) is 31.1 Å². The Morgan fingerprint density at radius 2 is 1.75 bits per heavy atom. The van der Waals surface area contributed by atoms with Gasteiger partial charge >= 0.3 is 18.0 Å². The van der Waals surface area contributed by atoms with E-state index in [9.17, 15) is 22.8 Å². The van der Waals surface area contributed by atoms with Gasteiger partial charge in [-0.1, -0.05) is 0 Å². The molecule has 0 saturated heterocycles. The van der Waals surface area contributed by atoms with Crippen LogP contribution in [-0.2, 0) is 9.59 Å². The number of amides is 2. The van der Waals surface area contributed by atoms with E-state index in [0.717, 1.165) is 0 Å². The molecular formula is C8H10F3N3O2. The van der Waals surface area contributed by atoms with E-state index >= 15 is 0 Å². The zero-order valence-electron chi connectivity index (χ0n) is 8.23. The molecule has 0 radical (unpaired) electrons. The smallest absolute Gasteiger partial charge is 0.348 e. The van der Waals surface area contributed by atoms with Crippen LogP contribution in [0.15, 0.2) is 0 Å². The van der Waals surface area contributed by atoms with Gasteiger partial charge in [-0.15, -0.1) is 0 Å². The van der Waals surface area contributed by atoms with Crippen LogP contribution >= 0.6 is 0 Å². The molecule has 5 nitrogen and oxygen atoms in total. The summed E-state index contributed by atoms with van der Waals surface area (Å²) in [6.45, 7) is -0.562. The summed E-state index contributed by atoms with van der Waals surface area (Å²) in [5.41, 5.74) is 0. The second kappa shape index (κ2) is 6.66. The number of nitriles is 1. The first-order valence-corrected chi connectivity index (χ1v) is 4.36. The van der Waals surface area contributed by atoms with Gasteiger partial charge in [0.15, 0.2) is 0 Å². The summed E-state index contributed by atoms with van der Waals surface area (Å²) < 4.78 is 35.0. The Hall–Kier alpha value is -1.78. The average molecular weight is 237 g/mol. The highest BCUT2D eigenvalue weighted by molar-refractivity contribution is 6.35. The van der Waals surface area contributed by atoms with Gasteiger partial charge in [0.2, 0.25) is 0 Å². The third-order valence-electron chi connectivity index (χ3n) is 1.46. The standard InChI is InChI=1S/C8H10F3N3O2/c9-8(10,11)2-1-4-13-6(15)7(16)14-5-3-12/h1-2,4-5H2,(H,13,15)(H,14,16). The third kappa shape index (κ3) is 7.61. The van der Waals surface area contributed by atoms with E-state index in [4.69, 9.17) is 5.26 Å². The van der Waals surface area contributed by atoms with Gasteiger partial charge in [-0.3, -0.25) is 9.59 Å². The largest absolute Gasteiger partial charge is 0.389 e. The quantitative estimate of drug-likeness (QED) is 0.413. The molecule has 0 unspecified atom stereocenters. The van der Waals surface area contributed by atoms with Crippen molar-refractivity contribution in [3.63, 3.8) is 0 Å². The fraction of sp³-hybridized carbons (Fsp3) is 0.625. The lowest BCUT2D eigenvalue weighted by atomic mass is 10.3. The highest BCUT2D eigenvalue weighted by Crippen LogP contribution is 2.20. The molecule has 0 aliphatic heterocycles. The molecule has 0 heterocycles. The van der Waals surface area contributed by atoms with Gasteiger partial charge < -0.3 is 10.6 Å². The number of nitrogens with zero attached hydrogens (tertiary/aromatic N) is 1. The maximum Gasteiger partial charge on any atom is 0.389 e. The van der Waals surface area contributed by atoms with Crippen molar-refractivity contribution in [3.8, 4) is 6.07 Å². The number of rotatable bonds is 4. The normalized spacial score (nSPS) is 10.4. The monoisotopic (exact) mass is 237 g/mol. The lowest BCUT2D eigenvalue weighted by molar-refractivity contribution is -0.140. The Labute approximate surface area is 89.6 Å². The van der Waals surface area contributed by atoms with E-state index in [0.29, 0.717) is 0 Å². The first-order valence-electron chi connectivity index (χ1n) is 4.36. The predicted octanol–water partition coefficient (Wildman–Crippen LogP) is 0.0849. The molecule has 0 bridgehead atoms. The van der Waals surface area contributed by atoms with Gasteiger partial charge in [-0.05, 0) is 6.42 Å². The van der Waals surface area contributed by atoms with Crippen LogP contribution < -0.4 is 10.6 Å². The van der Waals surface area contributed by atoms with Crippen LogP contribution in [0, 0.1) is 11.3 Å². The molecule has 0 aromatic rings. The van der Waals surface area contributed by atoms with Gasteiger partial charge in [0, 0.05) is 13.0 Å². The average Bonchev–Trinajstić information content (AvgIpc) is 2.19. The Morgan fingerprint density at radius 3 is 2.25 bits per heavy atom. The molecule has 0 fully saturated rings. The van der Waals surface area contributed by atoms with Gasteiger partial charge in [0.05, 0.1) is 6.07 Å². The number of carbonyl (C=O) groups excluding carboxylic acids is 2. The predicted molar refractivity (Wildman–Crippen MR) is 46.9 cm³/mol. The topological polar surface area (TPSA) is 82.0 Å². The van der Waals surface area contributed by atoms with Crippen LogP contribution in [0.5, 0.6) is 0 Å². The maximum absolute atomic E-state index is 11.7. The maximum atomic E-state index is 11.7. The molecule has 0 spiro atoms. The highest BCUT2D eigenvalue weighted by Gasteiger charge is 2.26. The van der Waals surface area contributed by atoms with Crippen LogP contribution in [0.2, 0.25) is 0 Å². The fourth-order valence-electron chi connectivity index (χ4n) is 0.771. The van der Waals surface area contributed by atoms with Gasteiger partial charge in [-0.25, -0.2) is 0 Å². The second-order valence-corrected chi connectivity index (χ2v) is 2.82. The van der Waals surface area contributed by atoms with Crippen LogP contribution in [0.1, 0.15) is 12.8 Å². The minimum Gasteiger partial charge on any atom is -0.348 e. The molecule has 0 rings (SSSR count). The first-order chi connectivity index (χ1) is 7.37. The van der Waals surface area contributed by atoms with Crippen molar-refractivity contribution < 1.29 is 22.8 Å². The van der Waals surface area contributed by atoms with Crippen molar-refractivity contribution in [2.24, 2.45) is 0 Å². The molecule has 0 aromatic carbocycles. The number of hydrogen-bond acceptors (Lipinski definition) is 3. The summed E-state index contributed by atoms with van der Waals surface area (Å²) in [7, 11) is 0. The van der Waals surface area contributed by atoms with E-state index < -0.39 is 24.4 Å². The molecule has 0 atom stereocenters. The lowest BCUT2D eigenvalue weighted by Gasteiger charge is -2.06. The SMILES string of the molecule is N#CCNC(=O)C(=O)NCCCC(F)(F)F. The molecule has 0 saturated carbocycles. The minimum atomic E-state index is -4.27. The van der Waals surface area contributed by atoms with E-state index in [1.165, 1.54) is 0 Å². The number of hydrogen-bond donors (Lipinski definition) is 2. The van der Waals surface area contributed by atoms with E-state index in [-0.39, 0.29) is 19.5 Å². The van der Waals surface area contributed by atoms with Crippen LogP contribution in [0.25, 0.3) is 0 Å². The van der Waals surface area contributed by atoms with Crippen molar-refractivity contribution in [2.45, 2.75) is 19.0 Å². The van der Waals surface area contributed by atoms with Gasteiger partial charge in [0.1, 0.15) is 6.54 Å². The van der Waals surface area contributed by atoms with Crippen LogP contribution in [0.4, 0.5) is 13.2 Å². The van der Waals surface area contributed by atoms with Crippen molar-refractivity contribution in [2.75, 3.05) is 13.1 Å².